The van der Waals surface area contributed by atoms with Gasteiger partial charge in [-0.25, -0.2) is 17.5 Å². The molecule has 7 nitrogen and oxygen atoms in total. The molecular formula is C19H22F3N5O2S. The van der Waals surface area contributed by atoms with Crippen molar-refractivity contribution in [2.24, 2.45) is 0 Å². The van der Waals surface area contributed by atoms with Crippen LogP contribution in [0.4, 0.5) is 13.2 Å². The van der Waals surface area contributed by atoms with Crippen LogP contribution in [0.3, 0.4) is 0 Å². The Labute approximate surface area is 172 Å². The fraction of sp³-hybridized carbons (Fsp3) is 0.368. The van der Waals surface area contributed by atoms with Gasteiger partial charge >= 0.3 is 6.55 Å². The summed E-state index contributed by atoms with van der Waals surface area (Å²) in [6.07, 6.45) is 2.68. The molecular weight excluding hydrogens is 419 g/mol. The quantitative estimate of drug-likeness (QED) is 0.535. The molecule has 30 heavy (non-hydrogen) atoms. The number of alkyl halides is 2. The van der Waals surface area contributed by atoms with Crippen LogP contribution in [0, 0.1) is 19.7 Å². The summed E-state index contributed by atoms with van der Waals surface area (Å²) in [6.45, 7) is 2.53. The number of halogens is 3. The van der Waals surface area contributed by atoms with Crippen molar-refractivity contribution in [3.8, 4) is 0 Å². The summed E-state index contributed by atoms with van der Waals surface area (Å²) in [4.78, 5) is -0.301. The molecule has 0 saturated carbocycles. The van der Waals surface area contributed by atoms with Gasteiger partial charge in [-0.1, -0.05) is 12.1 Å². The van der Waals surface area contributed by atoms with Gasteiger partial charge in [0.1, 0.15) is 10.7 Å². The number of benzene rings is 1. The number of sulfonamides is 1. The molecule has 3 rings (SSSR count). The van der Waals surface area contributed by atoms with E-state index in [2.05, 4.69) is 10.2 Å². The van der Waals surface area contributed by atoms with Crippen LogP contribution in [0.5, 0.6) is 0 Å². The Hall–Kier alpha value is -2.66. The molecule has 0 aliphatic heterocycles. The zero-order valence-electron chi connectivity index (χ0n) is 16.8. The van der Waals surface area contributed by atoms with Gasteiger partial charge in [0.25, 0.3) is 0 Å². The van der Waals surface area contributed by atoms with Crippen molar-refractivity contribution < 1.29 is 21.6 Å². The molecule has 0 aliphatic carbocycles. The second-order valence-corrected chi connectivity index (χ2v) is 8.72. The van der Waals surface area contributed by atoms with E-state index in [1.54, 1.807) is 17.8 Å². The molecule has 0 bridgehead atoms. The van der Waals surface area contributed by atoms with E-state index in [1.807, 2.05) is 6.92 Å². The van der Waals surface area contributed by atoms with E-state index in [4.69, 9.17) is 0 Å². The van der Waals surface area contributed by atoms with E-state index in [0.29, 0.717) is 28.0 Å². The Kier molecular flexibility index (Phi) is 6.32. The molecule has 0 radical (unpaired) electrons. The molecule has 1 aromatic carbocycles. The van der Waals surface area contributed by atoms with E-state index in [9.17, 15) is 21.6 Å². The number of hydrogen-bond acceptors (Lipinski definition) is 4. The van der Waals surface area contributed by atoms with Crippen molar-refractivity contribution in [3.05, 3.63) is 65.0 Å². The highest BCUT2D eigenvalue weighted by Crippen LogP contribution is 2.26. The summed E-state index contributed by atoms with van der Waals surface area (Å²) >= 11 is 0. The predicted octanol–water partition coefficient (Wildman–Crippen LogP) is 3.64. The predicted molar refractivity (Wildman–Crippen MR) is 104 cm³/mol. The molecule has 0 amide bonds. The van der Waals surface area contributed by atoms with Gasteiger partial charge in [-0.3, -0.25) is 4.68 Å². The van der Waals surface area contributed by atoms with Gasteiger partial charge in [-0.05, 0) is 38.5 Å². The summed E-state index contributed by atoms with van der Waals surface area (Å²) in [5.74, 6) is -0.442. The zero-order chi connectivity index (χ0) is 22.1. The molecule has 0 aliphatic rings. The summed E-state index contributed by atoms with van der Waals surface area (Å²) in [5, 5.41) is 7.85. The smallest absolute Gasteiger partial charge is 0.272 e. The van der Waals surface area contributed by atoms with E-state index in [1.165, 1.54) is 31.2 Å². The van der Waals surface area contributed by atoms with E-state index in [-0.39, 0.29) is 23.7 Å². The molecule has 0 atom stereocenters. The Morgan fingerprint density at radius 2 is 1.80 bits per heavy atom. The lowest BCUT2D eigenvalue weighted by Gasteiger charge is -2.22. The number of aryl methyl sites for hydroxylation is 2. The highest BCUT2D eigenvalue weighted by Gasteiger charge is 2.31. The highest BCUT2D eigenvalue weighted by atomic mass is 32.2. The van der Waals surface area contributed by atoms with Crippen LogP contribution in [0.2, 0.25) is 0 Å². The Balaban J connectivity index is 2.02. The molecule has 0 N–H and O–H groups in total. The van der Waals surface area contributed by atoms with Gasteiger partial charge in [-0.15, -0.1) is 0 Å². The molecule has 0 fully saturated rings. The Morgan fingerprint density at radius 3 is 2.33 bits per heavy atom. The summed E-state index contributed by atoms with van der Waals surface area (Å²) in [5.41, 5.74) is 1.74. The lowest BCUT2D eigenvalue weighted by Crippen LogP contribution is -2.31. The maximum atomic E-state index is 13.4. The second kappa shape index (κ2) is 8.60. The highest BCUT2D eigenvalue weighted by molar-refractivity contribution is 7.89. The topological polar surface area (TPSA) is 73.0 Å². The van der Waals surface area contributed by atoms with Crippen LogP contribution in [0.1, 0.15) is 36.0 Å². The van der Waals surface area contributed by atoms with Crippen LogP contribution in [0.25, 0.3) is 0 Å². The van der Waals surface area contributed by atoms with E-state index in [0.717, 1.165) is 10.5 Å². The number of hydrogen-bond donors (Lipinski definition) is 0. The van der Waals surface area contributed by atoms with Crippen molar-refractivity contribution in [2.45, 2.75) is 51.9 Å². The van der Waals surface area contributed by atoms with Crippen LogP contribution in [-0.4, -0.2) is 32.3 Å². The third-order valence-electron chi connectivity index (χ3n) is 4.79. The first kappa shape index (κ1) is 22.0. The lowest BCUT2D eigenvalue weighted by atomic mass is 10.2. The molecule has 0 spiro atoms. The van der Waals surface area contributed by atoms with Crippen LogP contribution >= 0.6 is 0 Å². The first-order chi connectivity index (χ1) is 14.1. The average Bonchev–Trinajstić information content (AvgIpc) is 3.25. The van der Waals surface area contributed by atoms with Crippen molar-refractivity contribution in [2.75, 3.05) is 0 Å². The van der Waals surface area contributed by atoms with Gasteiger partial charge < -0.3 is 0 Å². The molecule has 162 valence electrons. The molecule has 2 aromatic heterocycles. The standard InChI is InChI=1S/C19H22F3N5O2S/c1-4-25-11-16(13(2)24-25)12-26(10-15-5-7-17(20)8-6-15)30(28,29)18-9-23-27(14(18)3)19(21)22/h5-9,11,19H,4,10,12H2,1-3H3. The molecule has 3 aromatic rings. The fourth-order valence-electron chi connectivity index (χ4n) is 3.08. The van der Waals surface area contributed by atoms with Gasteiger partial charge in [0.2, 0.25) is 10.0 Å². The molecule has 2 heterocycles. The number of rotatable bonds is 8. The Morgan fingerprint density at radius 1 is 1.13 bits per heavy atom. The third kappa shape index (κ3) is 4.41. The van der Waals surface area contributed by atoms with Gasteiger partial charge in [0, 0.05) is 31.4 Å². The first-order valence-electron chi connectivity index (χ1n) is 9.23. The fourth-order valence-corrected chi connectivity index (χ4v) is 4.64. The summed E-state index contributed by atoms with van der Waals surface area (Å²) in [7, 11) is -4.18. The SMILES string of the molecule is CCn1cc(CN(Cc2ccc(F)cc2)S(=O)(=O)c2cnn(C(F)F)c2C)c(C)n1. The minimum Gasteiger partial charge on any atom is -0.272 e. The van der Waals surface area contributed by atoms with Gasteiger partial charge in [-0.2, -0.15) is 23.3 Å². The van der Waals surface area contributed by atoms with Crippen molar-refractivity contribution in [3.63, 3.8) is 0 Å². The van der Waals surface area contributed by atoms with E-state index >= 15 is 0 Å². The van der Waals surface area contributed by atoms with Crippen molar-refractivity contribution in [1.82, 2.24) is 23.9 Å². The van der Waals surface area contributed by atoms with Crippen LogP contribution < -0.4 is 0 Å². The molecule has 11 heteroatoms. The maximum absolute atomic E-state index is 13.4. The van der Waals surface area contributed by atoms with Gasteiger partial charge in [0.05, 0.1) is 17.6 Å². The number of aromatic nitrogens is 4. The first-order valence-corrected chi connectivity index (χ1v) is 10.7. The third-order valence-corrected chi connectivity index (χ3v) is 6.69. The minimum atomic E-state index is -4.18. The summed E-state index contributed by atoms with van der Waals surface area (Å²) < 4.78 is 69.4. The molecule has 0 saturated heterocycles. The van der Waals surface area contributed by atoms with E-state index < -0.39 is 22.4 Å². The summed E-state index contributed by atoms with van der Waals surface area (Å²) in [6, 6.07) is 5.44. The average molecular weight is 441 g/mol. The van der Waals surface area contributed by atoms with Gasteiger partial charge in [0.15, 0.2) is 0 Å². The second-order valence-electron chi connectivity index (χ2n) is 6.81. The largest absolute Gasteiger partial charge is 0.333 e. The normalized spacial score (nSPS) is 12.3. The molecule has 0 unspecified atom stereocenters. The van der Waals surface area contributed by atoms with Crippen molar-refractivity contribution >= 4 is 10.0 Å². The maximum Gasteiger partial charge on any atom is 0.333 e. The number of nitrogens with zero attached hydrogens (tertiary/aromatic N) is 5. The van der Waals surface area contributed by atoms with Crippen LogP contribution in [0.15, 0.2) is 41.6 Å². The van der Waals surface area contributed by atoms with Crippen molar-refractivity contribution in [1.29, 1.82) is 0 Å². The lowest BCUT2D eigenvalue weighted by molar-refractivity contribution is 0.0541. The zero-order valence-corrected chi connectivity index (χ0v) is 17.6. The van der Waals surface area contributed by atoms with Crippen LogP contribution in [-0.2, 0) is 29.7 Å². The Bertz CT molecular complexity index is 1120. The minimum absolute atomic E-state index is 0.0230. The monoisotopic (exact) mass is 441 g/mol.